The monoisotopic (exact) mass is 452 g/mol. The molecule has 0 atom stereocenters. The van der Waals surface area contributed by atoms with Gasteiger partial charge >= 0.3 is 0 Å². The summed E-state index contributed by atoms with van der Waals surface area (Å²) in [7, 11) is 1.56. The lowest BCUT2D eigenvalue weighted by Crippen LogP contribution is -2.29. The van der Waals surface area contributed by atoms with E-state index >= 15 is 0 Å². The molecule has 0 fully saturated rings. The summed E-state index contributed by atoms with van der Waals surface area (Å²) < 4.78 is 17.6. The minimum atomic E-state index is -0.331. The predicted molar refractivity (Wildman–Crippen MR) is 121 cm³/mol. The molecule has 0 spiro atoms. The largest absolute Gasteiger partial charge is 0.493 e. The predicted octanol–water partition coefficient (Wildman–Crippen LogP) is 6.45. The van der Waals surface area contributed by atoms with Crippen LogP contribution in [0.25, 0.3) is 21.2 Å². The molecule has 0 N–H and O–H groups in total. The van der Waals surface area contributed by atoms with Gasteiger partial charge in [-0.05, 0) is 42.8 Å². The average Bonchev–Trinajstić information content (AvgIpc) is 3.52. The summed E-state index contributed by atoms with van der Waals surface area (Å²) in [6.07, 6.45) is 1.57. The first-order valence-corrected chi connectivity index (χ1v) is 10.7. The minimum Gasteiger partial charge on any atom is -0.493 e. The van der Waals surface area contributed by atoms with Gasteiger partial charge in [-0.1, -0.05) is 41.1 Å². The van der Waals surface area contributed by atoms with Crippen LogP contribution in [0.1, 0.15) is 21.9 Å². The van der Waals surface area contributed by atoms with Crippen molar-refractivity contribution < 1.29 is 18.4 Å². The number of fused-ring (bicyclic) bond motifs is 2. The molecule has 5 rings (SSSR count). The molecular weight excluding hydrogens is 436 g/mol. The number of nitrogens with zero attached hydrogens (tertiary/aromatic N) is 2. The van der Waals surface area contributed by atoms with Gasteiger partial charge in [-0.15, -0.1) is 0 Å². The number of carbonyl (C=O) groups excluding carboxylic acids is 1. The van der Waals surface area contributed by atoms with Gasteiger partial charge in [0.2, 0.25) is 0 Å². The molecular formula is C23H17ClN2O4S. The SMILES string of the molecule is COc1cccc2cc(C(=O)N(Cc3ccco3)c3nc4c(C)ccc(Cl)c4s3)oc12. The van der Waals surface area contributed by atoms with Gasteiger partial charge in [0.15, 0.2) is 22.2 Å². The van der Waals surface area contributed by atoms with Crippen molar-refractivity contribution >= 4 is 55.2 Å². The van der Waals surface area contributed by atoms with E-state index in [1.54, 1.807) is 36.5 Å². The Kier molecular flexibility index (Phi) is 4.92. The van der Waals surface area contributed by atoms with Crippen molar-refractivity contribution in [3.63, 3.8) is 0 Å². The molecule has 31 heavy (non-hydrogen) atoms. The lowest BCUT2D eigenvalue weighted by Gasteiger charge is -2.17. The van der Waals surface area contributed by atoms with Crippen molar-refractivity contribution in [1.82, 2.24) is 4.98 Å². The van der Waals surface area contributed by atoms with E-state index in [2.05, 4.69) is 0 Å². The number of hydrogen-bond acceptors (Lipinski definition) is 6. The van der Waals surface area contributed by atoms with Crippen molar-refractivity contribution in [3.05, 3.63) is 76.9 Å². The highest BCUT2D eigenvalue weighted by atomic mass is 35.5. The lowest BCUT2D eigenvalue weighted by atomic mass is 10.2. The van der Waals surface area contributed by atoms with Crippen LogP contribution in [0.5, 0.6) is 5.75 Å². The van der Waals surface area contributed by atoms with Crippen molar-refractivity contribution in [2.24, 2.45) is 0 Å². The highest BCUT2D eigenvalue weighted by molar-refractivity contribution is 7.23. The zero-order valence-corrected chi connectivity index (χ0v) is 18.3. The summed E-state index contributed by atoms with van der Waals surface area (Å²) in [6.45, 7) is 2.17. The van der Waals surface area contributed by atoms with E-state index in [0.717, 1.165) is 21.2 Å². The Morgan fingerprint density at radius 3 is 2.84 bits per heavy atom. The summed E-state index contributed by atoms with van der Waals surface area (Å²) >= 11 is 7.75. The van der Waals surface area contributed by atoms with Crippen LogP contribution in [0.15, 0.2) is 63.6 Å². The molecule has 0 aliphatic heterocycles. The highest BCUT2D eigenvalue weighted by Crippen LogP contribution is 2.37. The zero-order chi connectivity index (χ0) is 21.5. The van der Waals surface area contributed by atoms with Crippen LogP contribution in [-0.2, 0) is 6.54 Å². The molecule has 0 aliphatic rings. The maximum atomic E-state index is 13.6. The number of halogens is 1. The second-order valence-corrected chi connectivity index (χ2v) is 8.38. The van der Waals surface area contributed by atoms with Crippen LogP contribution in [0.3, 0.4) is 0 Å². The third kappa shape index (κ3) is 3.45. The van der Waals surface area contributed by atoms with E-state index in [4.69, 9.17) is 30.2 Å². The molecule has 0 bridgehead atoms. The molecule has 3 aromatic heterocycles. The van der Waals surface area contributed by atoms with Crippen LogP contribution >= 0.6 is 22.9 Å². The van der Waals surface area contributed by atoms with Crippen LogP contribution in [0.4, 0.5) is 5.13 Å². The second kappa shape index (κ2) is 7.76. The van der Waals surface area contributed by atoms with Gasteiger partial charge in [-0.3, -0.25) is 9.69 Å². The fourth-order valence-electron chi connectivity index (χ4n) is 3.43. The lowest BCUT2D eigenvalue weighted by molar-refractivity contribution is 0.0958. The normalized spacial score (nSPS) is 11.3. The standard InChI is InChI=1S/C23H17ClN2O4S/c1-13-8-9-16(24)21-19(13)25-23(31-21)26(12-15-6-4-10-29-15)22(27)18-11-14-5-3-7-17(28-2)20(14)30-18/h3-11H,12H2,1-2H3. The van der Waals surface area contributed by atoms with Gasteiger partial charge in [-0.25, -0.2) is 4.98 Å². The number of rotatable bonds is 5. The third-order valence-corrected chi connectivity index (χ3v) is 6.53. The van der Waals surface area contributed by atoms with Crippen molar-refractivity contribution in [1.29, 1.82) is 0 Å². The van der Waals surface area contributed by atoms with Crippen molar-refractivity contribution in [3.8, 4) is 5.75 Å². The first kappa shape index (κ1) is 19.7. The maximum Gasteiger partial charge on any atom is 0.296 e. The number of aryl methyl sites for hydroxylation is 1. The molecule has 2 aromatic carbocycles. The van der Waals surface area contributed by atoms with E-state index in [-0.39, 0.29) is 18.2 Å². The number of carbonyl (C=O) groups is 1. The van der Waals surface area contributed by atoms with Gasteiger partial charge in [-0.2, -0.15) is 0 Å². The topological polar surface area (TPSA) is 68.7 Å². The van der Waals surface area contributed by atoms with Gasteiger partial charge in [0.05, 0.1) is 35.2 Å². The zero-order valence-electron chi connectivity index (χ0n) is 16.7. The van der Waals surface area contributed by atoms with E-state index in [0.29, 0.717) is 27.2 Å². The van der Waals surface area contributed by atoms with Gasteiger partial charge in [0.25, 0.3) is 5.91 Å². The fraction of sp³-hybridized carbons (Fsp3) is 0.130. The maximum absolute atomic E-state index is 13.6. The number of ether oxygens (including phenoxy) is 1. The summed E-state index contributed by atoms with van der Waals surface area (Å²) in [5, 5.41) is 1.90. The molecule has 6 nitrogen and oxygen atoms in total. The number of aromatic nitrogens is 1. The number of para-hydroxylation sites is 1. The van der Waals surface area contributed by atoms with E-state index in [9.17, 15) is 4.79 Å². The summed E-state index contributed by atoms with van der Waals surface area (Å²) in [4.78, 5) is 19.8. The van der Waals surface area contributed by atoms with Crippen LogP contribution in [0, 0.1) is 6.92 Å². The minimum absolute atomic E-state index is 0.188. The van der Waals surface area contributed by atoms with E-state index < -0.39 is 0 Å². The molecule has 0 aliphatic carbocycles. The Morgan fingerprint density at radius 2 is 2.10 bits per heavy atom. The van der Waals surface area contributed by atoms with E-state index in [1.807, 2.05) is 37.3 Å². The quantitative estimate of drug-likeness (QED) is 0.306. The summed E-state index contributed by atoms with van der Waals surface area (Å²) in [5.41, 5.74) is 2.28. The number of benzene rings is 2. The third-order valence-electron chi connectivity index (χ3n) is 4.99. The number of anilines is 1. The molecule has 0 radical (unpaired) electrons. The van der Waals surface area contributed by atoms with Gasteiger partial charge < -0.3 is 13.6 Å². The molecule has 8 heteroatoms. The van der Waals surface area contributed by atoms with Crippen LogP contribution in [-0.4, -0.2) is 18.0 Å². The van der Waals surface area contributed by atoms with Crippen LogP contribution < -0.4 is 9.64 Å². The van der Waals surface area contributed by atoms with Gasteiger partial charge in [0, 0.05) is 5.39 Å². The first-order chi connectivity index (χ1) is 15.0. The molecule has 3 heterocycles. The second-order valence-electron chi connectivity index (χ2n) is 7.00. The highest BCUT2D eigenvalue weighted by Gasteiger charge is 2.27. The Labute approximate surface area is 186 Å². The average molecular weight is 453 g/mol. The van der Waals surface area contributed by atoms with Crippen molar-refractivity contribution in [2.75, 3.05) is 12.0 Å². The Balaban J connectivity index is 1.62. The first-order valence-electron chi connectivity index (χ1n) is 9.51. The Bertz CT molecular complexity index is 1370. The summed E-state index contributed by atoms with van der Waals surface area (Å²) in [6, 6.07) is 14.6. The molecule has 0 saturated carbocycles. The molecule has 0 unspecified atom stereocenters. The number of furan rings is 2. The Morgan fingerprint density at radius 1 is 1.23 bits per heavy atom. The van der Waals surface area contributed by atoms with Crippen molar-refractivity contribution in [2.45, 2.75) is 13.5 Å². The number of methoxy groups -OCH3 is 1. The molecule has 5 aromatic rings. The smallest absolute Gasteiger partial charge is 0.296 e. The molecule has 0 saturated heterocycles. The summed E-state index contributed by atoms with van der Waals surface area (Å²) in [5.74, 6) is 1.05. The fourth-order valence-corrected chi connectivity index (χ4v) is 4.74. The number of amides is 1. The van der Waals surface area contributed by atoms with Crippen LogP contribution in [0.2, 0.25) is 5.02 Å². The Hall–Kier alpha value is -3.29. The number of thiazole rings is 1. The molecule has 1 amide bonds. The molecule has 156 valence electrons. The number of hydrogen-bond donors (Lipinski definition) is 0. The van der Waals surface area contributed by atoms with Gasteiger partial charge in [0.1, 0.15) is 5.76 Å². The van der Waals surface area contributed by atoms with E-state index in [1.165, 1.54) is 11.3 Å².